The molecule has 0 unspecified atom stereocenters. The van der Waals surface area contributed by atoms with Crippen LogP contribution in [0.5, 0.6) is 0 Å². The fourth-order valence-corrected chi connectivity index (χ4v) is 3.85. The fraction of sp³-hybridized carbons (Fsp3) is 0.111. The number of thiophene rings is 2. The molecular weight excluding hydrogens is 383 g/mol. The number of hydrogen-bond donors (Lipinski definition) is 1. The van der Waals surface area contributed by atoms with Gasteiger partial charge in [-0.2, -0.15) is 13.2 Å². The average Bonchev–Trinajstić information content (AvgIpc) is 3.30. The largest absolute Gasteiger partial charge is 0.416 e. The normalized spacial score (nSPS) is 11.3. The standard InChI is InChI=1S/C18H12F3NO2S2/c19-18(20,21)12-5-3-11(4-6-12)17(24)22-10-13-7-8-15(26-13)16(23)14-2-1-9-25-14/h1-9H,10H2,(H,22,24). The molecule has 0 aliphatic heterocycles. The molecule has 134 valence electrons. The van der Waals surface area contributed by atoms with Gasteiger partial charge in [-0.1, -0.05) is 6.07 Å². The summed E-state index contributed by atoms with van der Waals surface area (Å²) >= 11 is 2.64. The minimum atomic E-state index is -4.43. The van der Waals surface area contributed by atoms with Crippen LogP contribution in [-0.2, 0) is 12.7 Å². The van der Waals surface area contributed by atoms with Crippen molar-refractivity contribution in [1.82, 2.24) is 5.32 Å². The molecule has 0 atom stereocenters. The summed E-state index contributed by atoms with van der Waals surface area (Å²) in [5, 5.41) is 4.47. The third-order valence-corrected chi connectivity index (χ3v) is 5.48. The highest BCUT2D eigenvalue weighted by Gasteiger charge is 2.30. The highest BCUT2D eigenvalue weighted by atomic mass is 32.1. The fourth-order valence-electron chi connectivity index (χ4n) is 2.20. The van der Waals surface area contributed by atoms with Gasteiger partial charge in [0.1, 0.15) is 0 Å². The number of amides is 1. The molecule has 3 rings (SSSR count). The molecule has 1 amide bonds. The molecule has 0 spiro atoms. The number of nitrogens with one attached hydrogen (secondary N) is 1. The summed E-state index contributed by atoms with van der Waals surface area (Å²) in [7, 11) is 0. The second-order valence-corrected chi connectivity index (χ2v) is 7.45. The van der Waals surface area contributed by atoms with Gasteiger partial charge in [-0.3, -0.25) is 9.59 Å². The number of ketones is 1. The molecule has 8 heteroatoms. The molecule has 2 aromatic heterocycles. The molecule has 3 nitrogen and oxygen atoms in total. The topological polar surface area (TPSA) is 46.2 Å². The third kappa shape index (κ3) is 4.20. The van der Waals surface area contributed by atoms with Gasteiger partial charge < -0.3 is 5.32 Å². The molecule has 0 aliphatic rings. The number of alkyl halides is 3. The van der Waals surface area contributed by atoms with Crippen LogP contribution in [0.3, 0.4) is 0 Å². The van der Waals surface area contributed by atoms with Crippen molar-refractivity contribution in [3.8, 4) is 0 Å². The van der Waals surface area contributed by atoms with Crippen molar-refractivity contribution in [2.75, 3.05) is 0 Å². The Morgan fingerprint density at radius 1 is 0.962 bits per heavy atom. The Labute approximate surface area is 155 Å². The van der Waals surface area contributed by atoms with E-state index in [0.717, 1.165) is 29.1 Å². The molecule has 0 radical (unpaired) electrons. The summed E-state index contributed by atoms with van der Waals surface area (Å²) in [5.74, 6) is -0.538. The maximum absolute atomic E-state index is 12.5. The zero-order valence-corrected chi connectivity index (χ0v) is 14.8. The lowest BCUT2D eigenvalue weighted by Gasteiger charge is -2.08. The molecule has 0 aliphatic carbocycles. The average molecular weight is 395 g/mol. The number of carbonyl (C=O) groups excluding carboxylic acids is 2. The van der Waals surface area contributed by atoms with Gasteiger partial charge in [-0.25, -0.2) is 0 Å². The maximum atomic E-state index is 12.5. The van der Waals surface area contributed by atoms with Crippen molar-refractivity contribution >= 4 is 34.4 Å². The number of benzene rings is 1. The Morgan fingerprint density at radius 2 is 1.69 bits per heavy atom. The highest BCUT2D eigenvalue weighted by molar-refractivity contribution is 7.16. The van der Waals surface area contributed by atoms with Crippen LogP contribution in [0.4, 0.5) is 13.2 Å². The van der Waals surface area contributed by atoms with Gasteiger partial charge in [0.25, 0.3) is 5.91 Å². The van der Waals surface area contributed by atoms with E-state index in [9.17, 15) is 22.8 Å². The van der Waals surface area contributed by atoms with Gasteiger partial charge in [-0.15, -0.1) is 22.7 Å². The summed E-state index contributed by atoms with van der Waals surface area (Å²) in [4.78, 5) is 26.3. The Morgan fingerprint density at radius 3 is 2.31 bits per heavy atom. The van der Waals surface area contributed by atoms with Crippen molar-refractivity contribution < 1.29 is 22.8 Å². The van der Waals surface area contributed by atoms with Crippen LogP contribution in [0.1, 0.15) is 35.3 Å². The molecule has 1 N–H and O–H groups in total. The van der Waals surface area contributed by atoms with Gasteiger partial charge in [0.15, 0.2) is 0 Å². The van der Waals surface area contributed by atoms with Crippen LogP contribution >= 0.6 is 22.7 Å². The Bertz CT molecular complexity index is 913. The maximum Gasteiger partial charge on any atom is 0.416 e. The quantitative estimate of drug-likeness (QED) is 0.619. The van der Waals surface area contributed by atoms with Gasteiger partial charge in [-0.05, 0) is 47.8 Å². The lowest BCUT2D eigenvalue weighted by molar-refractivity contribution is -0.137. The Hall–Kier alpha value is -2.45. The first-order valence-corrected chi connectivity index (χ1v) is 9.16. The van der Waals surface area contributed by atoms with Gasteiger partial charge in [0.05, 0.1) is 21.9 Å². The van der Waals surface area contributed by atoms with E-state index in [0.29, 0.717) is 9.75 Å². The summed E-state index contributed by atoms with van der Waals surface area (Å²) in [6.07, 6.45) is -4.43. The first-order chi connectivity index (χ1) is 12.3. The first kappa shape index (κ1) is 18.3. The molecule has 3 aromatic rings. The van der Waals surface area contributed by atoms with Crippen molar-refractivity contribution in [2.24, 2.45) is 0 Å². The lowest BCUT2D eigenvalue weighted by Crippen LogP contribution is -2.22. The predicted molar refractivity (Wildman–Crippen MR) is 94.7 cm³/mol. The first-order valence-electron chi connectivity index (χ1n) is 7.47. The van der Waals surface area contributed by atoms with Crippen molar-refractivity contribution in [3.05, 3.63) is 79.7 Å². The van der Waals surface area contributed by atoms with Gasteiger partial charge in [0, 0.05) is 10.4 Å². The molecule has 0 fully saturated rings. The summed E-state index contributed by atoms with van der Waals surface area (Å²) in [6, 6.07) is 11.0. The van der Waals surface area contributed by atoms with Crippen LogP contribution in [-0.4, -0.2) is 11.7 Å². The minimum absolute atomic E-state index is 0.0645. The molecule has 1 aromatic carbocycles. The van der Waals surface area contributed by atoms with Crippen LogP contribution in [0, 0.1) is 0 Å². The number of carbonyl (C=O) groups is 2. The van der Waals surface area contributed by atoms with Gasteiger partial charge in [0.2, 0.25) is 5.78 Å². The third-order valence-electron chi connectivity index (χ3n) is 3.53. The predicted octanol–water partition coefficient (Wildman–Crippen LogP) is 4.99. The van der Waals surface area contributed by atoms with E-state index >= 15 is 0 Å². The number of halogens is 3. The SMILES string of the molecule is O=C(NCc1ccc(C(=O)c2cccs2)s1)c1ccc(C(F)(F)F)cc1. The monoisotopic (exact) mass is 395 g/mol. The summed E-state index contributed by atoms with van der Waals surface area (Å²) in [5.41, 5.74) is -0.659. The smallest absolute Gasteiger partial charge is 0.347 e. The Balaban J connectivity index is 1.61. The van der Waals surface area contributed by atoms with E-state index in [4.69, 9.17) is 0 Å². The van der Waals surface area contributed by atoms with E-state index in [-0.39, 0.29) is 17.9 Å². The highest BCUT2D eigenvalue weighted by Crippen LogP contribution is 2.29. The van der Waals surface area contributed by atoms with Crippen LogP contribution in [0.25, 0.3) is 0 Å². The van der Waals surface area contributed by atoms with E-state index in [1.54, 1.807) is 24.3 Å². The second kappa shape index (κ2) is 7.43. The van der Waals surface area contributed by atoms with Gasteiger partial charge >= 0.3 is 6.18 Å². The molecule has 0 saturated heterocycles. The second-order valence-electron chi connectivity index (χ2n) is 5.33. The number of hydrogen-bond acceptors (Lipinski definition) is 4. The molecule has 0 bridgehead atoms. The van der Waals surface area contributed by atoms with Crippen molar-refractivity contribution in [3.63, 3.8) is 0 Å². The minimum Gasteiger partial charge on any atom is -0.347 e. The molecular formula is C18H12F3NO2S2. The van der Waals surface area contributed by atoms with Crippen LogP contribution in [0.2, 0.25) is 0 Å². The molecule has 2 heterocycles. The van der Waals surface area contributed by atoms with E-state index < -0.39 is 17.6 Å². The summed E-state index contributed by atoms with van der Waals surface area (Å²) in [6.45, 7) is 0.197. The van der Waals surface area contributed by atoms with E-state index in [1.165, 1.54) is 22.7 Å². The van der Waals surface area contributed by atoms with Crippen LogP contribution in [0.15, 0.2) is 53.9 Å². The number of rotatable bonds is 5. The molecule has 26 heavy (non-hydrogen) atoms. The Kier molecular flexibility index (Phi) is 5.24. The molecule has 0 saturated carbocycles. The van der Waals surface area contributed by atoms with Crippen LogP contribution < -0.4 is 5.32 Å². The van der Waals surface area contributed by atoms with E-state index in [2.05, 4.69) is 5.32 Å². The van der Waals surface area contributed by atoms with Crippen molar-refractivity contribution in [1.29, 1.82) is 0 Å². The zero-order valence-electron chi connectivity index (χ0n) is 13.2. The van der Waals surface area contributed by atoms with Crippen molar-refractivity contribution in [2.45, 2.75) is 12.7 Å². The summed E-state index contributed by atoms with van der Waals surface area (Å²) < 4.78 is 37.6. The lowest BCUT2D eigenvalue weighted by atomic mass is 10.1. The van der Waals surface area contributed by atoms with E-state index in [1.807, 2.05) is 5.38 Å². The zero-order chi connectivity index (χ0) is 18.7.